The van der Waals surface area contributed by atoms with E-state index in [0.717, 1.165) is 10.9 Å². The maximum atomic E-state index is 13.7. The van der Waals surface area contributed by atoms with Crippen molar-refractivity contribution in [2.75, 3.05) is 0 Å². The van der Waals surface area contributed by atoms with Crippen molar-refractivity contribution >= 4 is 17.9 Å². The molecule has 10 nitrogen and oxygen atoms in total. The molecule has 1 amide bonds. The molecule has 1 N–H and O–H groups in total. The van der Waals surface area contributed by atoms with Crippen molar-refractivity contribution in [1.82, 2.24) is 25.0 Å². The summed E-state index contributed by atoms with van der Waals surface area (Å²) in [5.41, 5.74) is 3.00. The Hall–Kier alpha value is -3.11. The molecule has 0 aromatic carbocycles. The Morgan fingerprint density at radius 2 is 2.29 bits per heavy atom. The number of amides is 1. The van der Waals surface area contributed by atoms with E-state index in [1.807, 2.05) is 0 Å². The van der Waals surface area contributed by atoms with Crippen LogP contribution in [-0.2, 0) is 17.9 Å². The zero-order valence-electron chi connectivity index (χ0n) is 13.1. The number of carbonyl (C=O) groups is 1. The second-order valence-corrected chi connectivity index (χ2v) is 4.87. The molecule has 0 aliphatic rings. The molecule has 0 aliphatic heterocycles. The van der Waals surface area contributed by atoms with Crippen LogP contribution in [0.25, 0.3) is 0 Å². The minimum absolute atomic E-state index is 0.0215. The number of nitro groups is 1. The van der Waals surface area contributed by atoms with Gasteiger partial charge in [0.15, 0.2) is 0 Å². The minimum Gasteiger partial charge on any atom is -0.358 e. The van der Waals surface area contributed by atoms with Crippen LogP contribution >= 0.6 is 0 Å². The first-order chi connectivity index (χ1) is 11.4. The molecule has 0 atom stereocenters. The number of hydrazone groups is 1. The van der Waals surface area contributed by atoms with Crippen molar-refractivity contribution in [1.29, 1.82) is 0 Å². The highest BCUT2D eigenvalue weighted by molar-refractivity contribution is 5.82. The first kappa shape index (κ1) is 17.2. The van der Waals surface area contributed by atoms with Crippen LogP contribution < -0.4 is 5.43 Å². The number of aryl methyl sites for hydroxylation is 3. The predicted molar refractivity (Wildman–Crippen MR) is 81.8 cm³/mol. The van der Waals surface area contributed by atoms with Gasteiger partial charge in [-0.2, -0.15) is 19.3 Å². The Bertz CT molecular complexity index is 781. The predicted octanol–water partition coefficient (Wildman–Crippen LogP) is 0.996. The van der Waals surface area contributed by atoms with E-state index in [1.165, 1.54) is 16.9 Å². The molecule has 0 fully saturated rings. The molecule has 2 rings (SSSR count). The molecule has 2 heterocycles. The Morgan fingerprint density at radius 1 is 1.54 bits per heavy atom. The van der Waals surface area contributed by atoms with Crippen LogP contribution in [0.5, 0.6) is 0 Å². The summed E-state index contributed by atoms with van der Waals surface area (Å²) < 4.78 is 16.2. The van der Waals surface area contributed by atoms with Crippen LogP contribution in [0.1, 0.15) is 24.6 Å². The maximum Gasteiger partial charge on any atom is 0.390 e. The number of hydrogen-bond acceptors (Lipinski definition) is 6. The molecule has 0 aliphatic carbocycles. The standard InChI is InChI=1S/C13H16FN7O3/c1-3-19-13(14)10(8-16-19)7-15-17-12(22)4-5-20-9(2)6-11(18-20)21(23)24/h6-8H,3-5H2,1-2H3,(H,17,22)/b15-7+. The summed E-state index contributed by atoms with van der Waals surface area (Å²) in [6.07, 6.45) is 2.49. The Labute approximate surface area is 136 Å². The van der Waals surface area contributed by atoms with Crippen molar-refractivity contribution in [3.63, 3.8) is 0 Å². The summed E-state index contributed by atoms with van der Waals surface area (Å²) in [5, 5.41) is 21.9. The number of hydrogen-bond donors (Lipinski definition) is 1. The smallest absolute Gasteiger partial charge is 0.358 e. The van der Waals surface area contributed by atoms with Crippen molar-refractivity contribution in [2.45, 2.75) is 33.4 Å². The van der Waals surface area contributed by atoms with Gasteiger partial charge in [-0.25, -0.2) is 10.1 Å². The Balaban J connectivity index is 1.86. The third-order valence-electron chi connectivity index (χ3n) is 3.20. The average Bonchev–Trinajstić information content (AvgIpc) is 3.09. The fraction of sp³-hybridized carbons (Fsp3) is 0.385. The van der Waals surface area contributed by atoms with Gasteiger partial charge in [0.25, 0.3) is 0 Å². The van der Waals surface area contributed by atoms with E-state index in [-0.39, 0.29) is 24.3 Å². The highest BCUT2D eigenvalue weighted by Crippen LogP contribution is 2.11. The van der Waals surface area contributed by atoms with Gasteiger partial charge in [-0.15, -0.1) is 0 Å². The summed E-state index contributed by atoms with van der Waals surface area (Å²) in [6.45, 7) is 3.97. The van der Waals surface area contributed by atoms with Gasteiger partial charge in [0, 0.05) is 13.0 Å². The highest BCUT2D eigenvalue weighted by atomic mass is 19.1. The summed E-state index contributed by atoms with van der Waals surface area (Å²) in [6, 6.07) is 1.32. The fourth-order valence-electron chi connectivity index (χ4n) is 1.94. The molecule has 2 aromatic rings. The molecule has 0 bridgehead atoms. The van der Waals surface area contributed by atoms with E-state index >= 15 is 0 Å². The molecule has 128 valence electrons. The number of nitrogens with one attached hydrogen (secondary N) is 1. The quantitative estimate of drug-likeness (QED) is 0.459. The summed E-state index contributed by atoms with van der Waals surface area (Å²) in [4.78, 5) is 21.7. The van der Waals surface area contributed by atoms with Crippen molar-refractivity contribution in [3.8, 4) is 0 Å². The van der Waals surface area contributed by atoms with Crippen LogP contribution in [-0.4, -0.2) is 36.6 Å². The second kappa shape index (κ2) is 7.44. The van der Waals surface area contributed by atoms with Crippen LogP contribution in [0.4, 0.5) is 10.2 Å². The maximum absolute atomic E-state index is 13.7. The Kier molecular flexibility index (Phi) is 5.35. The monoisotopic (exact) mass is 337 g/mol. The van der Waals surface area contributed by atoms with E-state index in [4.69, 9.17) is 0 Å². The first-order valence-corrected chi connectivity index (χ1v) is 7.14. The second-order valence-electron chi connectivity index (χ2n) is 4.87. The van der Waals surface area contributed by atoms with Crippen molar-refractivity contribution in [3.05, 3.63) is 39.6 Å². The number of nitrogens with zero attached hydrogens (tertiary/aromatic N) is 6. The topological polar surface area (TPSA) is 120 Å². The number of halogens is 1. The van der Waals surface area contributed by atoms with Crippen LogP contribution in [0.3, 0.4) is 0 Å². The molecular formula is C13H16FN7O3. The molecule has 24 heavy (non-hydrogen) atoms. The van der Waals surface area contributed by atoms with Gasteiger partial charge in [0.05, 0.1) is 41.4 Å². The van der Waals surface area contributed by atoms with Gasteiger partial charge >= 0.3 is 5.82 Å². The van der Waals surface area contributed by atoms with Gasteiger partial charge < -0.3 is 10.1 Å². The minimum atomic E-state index is -0.598. The lowest BCUT2D eigenvalue weighted by Crippen LogP contribution is -2.20. The van der Waals surface area contributed by atoms with Gasteiger partial charge in [-0.3, -0.25) is 4.79 Å². The third kappa shape index (κ3) is 4.00. The molecule has 0 saturated heterocycles. The van der Waals surface area contributed by atoms with E-state index in [2.05, 4.69) is 20.7 Å². The van der Waals surface area contributed by atoms with E-state index in [9.17, 15) is 19.3 Å². The number of rotatable bonds is 7. The van der Waals surface area contributed by atoms with Gasteiger partial charge in [0.1, 0.15) is 0 Å². The highest BCUT2D eigenvalue weighted by Gasteiger charge is 2.15. The first-order valence-electron chi connectivity index (χ1n) is 7.14. The molecule has 0 radical (unpaired) electrons. The van der Waals surface area contributed by atoms with Gasteiger partial charge in [-0.1, -0.05) is 0 Å². The normalized spacial score (nSPS) is 11.1. The van der Waals surface area contributed by atoms with E-state index in [0.29, 0.717) is 12.2 Å². The largest absolute Gasteiger partial charge is 0.390 e. The number of carbonyl (C=O) groups excluding carboxylic acids is 1. The van der Waals surface area contributed by atoms with Gasteiger partial charge in [-0.05, 0) is 18.8 Å². The van der Waals surface area contributed by atoms with Crippen LogP contribution in [0.15, 0.2) is 17.4 Å². The average molecular weight is 337 g/mol. The lowest BCUT2D eigenvalue weighted by molar-refractivity contribution is -0.389. The molecule has 0 saturated carbocycles. The summed E-state index contributed by atoms with van der Waals surface area (Å²) in [7, 11) is 0. The van der Waals surface area contributed by atoms with Gasteiger partial charge in [0.2, 0.25) is 11.9 Å². The third-order valence-corrected chi connectivity index (χ3v) is 3.20. The van der Waals surface area contributed by atoms with Crippen molar-refractivity contribution in [2.24, 2.45) is 5.10 Å². The SMILES string of the molecule is CCn1ncc(/C=N/NC(=O)CCn2nc([N+](=O)[O-])cc2C)c1F. The molecule has 2 aromatic heterocycles. The molecular weight excluding hydrogens is 321 g/mol. The van der Waals surface area contributed by atoms with Crippen LogP contribution in [0, 0.1) is 23.0 Å². The number of aromatic nitrogens is 4. The molecule has 0 spiro atoms. The van der Waals surface area contributed by atoms with E-state index < -0.39 is 16.8 Å². The molecule has 0 unspecified atom stereocenters. The zero-order valence-corrected chi connectivity index (χ0v) is 13.1. The Morgan fingerprint density at radius 3 is 2.88 bits per heavy atom. The van der Waals surface area contributed by atoms with E-state index in [1.54, 1.807) is 13.8 Å². The summed E-state index contributed by atoms with van der Waals surface area (Å²) >= 11 is 0. The van der Waals surface area contributed by atoms with Crippen molar-refractivity contribution < 1.29 is 14.1 Å². The summed E-state index contributed by atoms with van der Waals surface area (Å²) in [5.74, 6) is -1.23. The lowest BCUT2D eigenvalue weighted by atomic mass is 10.4. The molecule has 11 heteroatoms. The van der Waals surface area contributed by atoms with Crippen LogP contribution in [0.2, 0.25) is 0 Å². The fourth-order valence-corrected chi connectivity index (χ4v) is 1.94. The zero-order chi connectivity index (χ0) is 17.7. The lowest BCUT2D eigenvalue weighted by Gasteiger charge is -1.99.